The number of carbonyl (C=O) groups excluding carboxylic acids is 1. The van der Waals surface area contributed by atoms with E-state index in [4.69, 9.17) is 9.72 Å². The number of hydrogen-bond acceptors (Lipinski definition) is 9. The SMILES string of the molecule is CCN1CCN(c2ccc(-c3cc4ncnc(N[C@H](COC(C)=O)c5ccccc5)c4s3)cn2)CC1. The summed E-state index contributed by atoms with van der Waals surface area (Å²) in [4.78, 5) is 31.1. The minimum Gasteiger partial charge on any atom is -0.463 e. The Labute approximate surface area is 215 Å². The Morgan fingerprint density at radius 3 is 2.58 bits per heavy atom. The van der Waals surface area contributed by atoms with Crippen LogP contribution in [0.5, 0.6) is 0 Å². The number of likely N-dealkylation sites (N-methyl/N-ethyl adjacent to an activating group) is 1. The van der Waals surface area contributed by atoms with E-state index in [-0.39, 0.29) is 18.6 Å². The van der Waals surface area contributed by atoms with Crippen LogP contribution in [0.2, 0.25) is 0 Å². The summed E-state index contributed by atoms with van der Waals surface area (Å²) >= 11 is 1.63. The van der Waals surface area contributed by atoms with Gasteiger partial charge < -0.3 is 19.9 Å². The van der Waals surface area contributed by atoms with Gasteiger partial charge in [0.2, 0.25) is 0 Å². The highest BCUT2D eigenvalue weighted by Crippen LogP contribution is 2.37. The first-order valence-corrected chi connectivity index (χ1v) is 13.1. The molecule has 8 nitrogen and oxygen atoms in total. The molecule has 0 spiro atoms. The lowest BCUT2D eigenvalue weighted by molar-refractivity contribution is -0.141. The van der Waals surface area contributed by atoms with Gasteiger partial charge in [0.15, 0.2) is 0 Å². The predicted molar refractivity (Wildman–Crippen MR) is 144 cm³/mol. The van der Waals surface area contributed by atoms with Crippen LogP contribution in [-0.2, 0) is 9.53 Å². The zero-order valence-corrected chi connectivity index (χ0v) is 21.4. The maximum atomic E-state index is 11.5. The summed E-state index contributed by atoms with van der Waals surface area (Å²) in [6.45, 7) is 9.09. The molecule has 1 fully saturated rings. The summed E-state index contributed by atoms with van der Waals surface area (Å²) in [5, 5.41) is 3.47. The first-order valence-electron chi connectivity index (χ1n) is 12.2. The zero-order valence-electron chi connectivity index (χ0n) is 20.6. The monoisotopic (exact) mass is 502 g/mol. The number of carbonyl (C=O) groups is 1. The van der Waals surface area contributed by atoms with E-state index in [1.807, 2.05) is 36.5 Å². The molecule has 1 aromatic carbocycles. The molecule has 5 rings (SSSR count). The Kier molecular flexibility index (Phi) is 7.39. The summed E-state index contributed by atoms with van der Waals surface area (Å²) in [6.07, 6.45) is 3.51. The Bertz CT molecular complexity index is 1300. The summed E-state index contributed by atoms with van der Waals surface area (Å²) < 4.78 is 6.29. The van der Waals surface area contributed by atoms with E-state index in [1.54, 1.807) is 17.7 Å². The van der Waals surface area contributed by atoms with Crippen molar-refractivity contribution in [1.82, 2.24) is 19.9 Å². The summed E-state index contributed by atoms with van der Waals surface area (Å²) in [5.41, 5.74) is 2.94. The standard InChI is InChI=1S/C27H30N6O2S/c1-3-32-11-13-33(14-12-32)25-10-9-21(16-28-25)24-15-22-26(36-24)27(30-18-29-22)31-23(17-35-19(2)34)20-7-5-4-6-8-20/h4-10,15-16,18,23H,3,11-14,17H2,1-2H3,(H,29,30,31)/t23-/m1/s1. The van der Waals surface area contributed by atoms with Gasteiger partial charge in [0.1, 0.15) is 24.6 Å². The van der Waals surface area contributed by atoms with Gasteiger partial charge in [-0.25, -0.2) is 15.0 Å². The number of rotatable bonds is 8. The van der Waals surface area contributed by atoms with Gasteiger partial charge in [0.05, 0.1) is 16.3 Å². The first kappa shape index (κ1) is 24.1. The van der Waals surface area contributed by atoms with Crippen LogP contribution in [0.1, 0.15) is 25.5 Å². The van der Waals surface area contributed by atoms with Gasteiger partial charge in [-0.3, -0.25) is 4.79 Å². The Morgan fingerprint density at radius 2 is 1.89 bits per heavy atom. The fraction of sp³-hybridized carbons (Fsp3) is 0.333. The summed E-state index contributed by atoms with van der Waals surface area (Å²) in [6, 6.07) is 16.0. The van der Waals surface area contributed by atoms with E-state index in [0.717, 1.165) is 70.6 Å². The molecule has 186 valence electrons. The van der Waals surface area contributed by atoms with Gasteiger partial charge >= 0.3 is 5.97 Å². The largest absolute Gasteiger partial charge is 0.463 e. The van der Waals surface area contributed by atoms with E-state index in [0.29, 0.717) is 0 Å². The normalized spacial score (nSPS) is 15.1. The number of fused-ring (bicyclic) bond motifs is 1. The molecule has 9 heteroatoms. The van der Waals surface area contributed by atoms with Gasteiger partial charge in [-0.2, -0.15) is 0 Å². The third-order valence-electron chi connectivity index (χ3n) is 6.45. The molecular weight excluding hydrogens is 472 g/mol. The molecule has 0 aliphatic carbocycles. The Balaban J connectivity index is 1.37. The molecule has 1 atom stereocenters. The minimum absolute atomic E-state index is 0.209. The predicted octanol–water partition coefficient (Wildman–Crippen LogP) is 4.61. The quantitative estimate of drug-likeness (QED) is 0.350. The van der Waals surface area contributed by atoms with E-state index >= 15 is 0 Å². The number of benzene rings is 1. The number of thiophene rings is 1. The maximum absolute atomic E-state index is 11.5. The van der Waals surface area contributed by atoms with Crippen LogP contribution in [0.3, 0.4) is 0 Å². The van der Waals surface area contributed by atoms with Crippen molar-refractivity contribution in [3.63, 3.8) is 0 Å². The fourth-order valence-electron chi connectivity index (χ4n) is 4.38. The molecule has 1 aliphatic heterocycles. The Morgan fingerprint density at radius 1 is 1.08 bits per heavy atom. The smallest absolute Gasteiger partial charge is 0.302 e. The number of nitrogens with one attached hydrogen (secondary N) is 1. The summed E-state index contributed by atoms with van der Waals surface area (Å²) in [5.74, 6) is 1.43. The molecule has 1 aliphatic rings. The molecule has 0 unspecified atom stereocenters. The molecular formula is C27H30N6O2S. The van der Waals surface area contributed by atoms with Crippen LogP contribution >= 0.6 is 11.3 Å². The number of aromatic nitrogens is 3. The number of esters is 1. The number of piperazine rings is 1. The molecule has 0 radical (unpaired) electrons. The van der Waals surface area contributed by atoms with Crippen molar-refractivity contribution in [2.45, 2.75) is 19.9 Å². The number of hydrogen-bond donors (Lipinski definition) is 1. The van der Waals surface area contributed by atoms with Crippen molar-refractivity contribution in [3.05, 3.63) is 66.6 Å². The molecule has 0 amide bonds. The molecule has 3 aromatic heterocycles. The van der Waals surface area contributed by atoms with Crippen LogP contribution in [0.4, 0.5) is 11.6 Å². The molecule has 0 bridgehead atoms. The van der Waals surface area contributed by atoms with Crippen LogP contribution in [0, 0.1) is 0 Å². The molecule has 4 heterocycles. The highest BCUT2D eigenvalue weighted by Gasteiger charge is 2.19. The number of pyridine rings is 1. The lowest BCUT2D eigenvalue weighted by atomic mass is 10.1. The van der Waals surface area contributed by atoms with Crippen molar-refractivity contribution >= 4 is 39.2 Å². The van der Waals surface area contributed by atoms with Gasteiger partial charge in [-0.15, -0.1) is 11.3 Å². The maximum Gasteiger partial charge on any atom is 0.302 e. The second-order valence-electron chi connectivity index (χ2n) is 8.78. The van der Waals surface area contributed by atoms with Gasteiger partial charge in [-0.05, 0) is 30.3 Å². The van der Waals surface area contributed by atoms with Crippen LogP contribution in [-0.4, -0.2) is 65.2 Å². The highest BCUT2D eigenvalue weighted by atomic mass is 32.1. The van der Waals surface area contributed by atoms with E-state index in [2.05, 4.69) is 50.2 Å². The van der Waals surface area contributed by atoms with E-state index in [9.17, 15) is 4.79 Å². The fourth-order valence-corrected chi connectivity index (χ4v) is 5.44. The third-order valence-corrected chi connectivity index (χ3v) is 7.63. The van der Waals surface area contributed by atoms with Gasteiger partial charge in [0.25, 0.3) is 0 Å². The summed E-state index contributed by atoms with van der Waals surface area (Å²) in [7, 11) is 0. The first-order chi connectivity index (χ1) is 17.6. The lowest BCUT2D eigenvalue weighted by Crippen LogP contribution is -2.46. The van der Waals surface area contributed by atoms with Crippen molar-refractivity contribution in [3.8, 4) is 10.4 Å². The molecule has 36 heavy (non-hydrogen) atoms. The molecule has 4 aromatic rings. The minimum atomic E-state index is -0.313. The number of anilines is 2. The Hall–Kier alpha value is -3.56. The van der Waals surface area contributed by atoms with Gasteiger partial charge in [-0.1, -0.05) is 37.3 Å². The topological polar surface area (TPSA) is 83.5 Å². The van der Waals surface area contributed by atoms with E-state index < -0.39 is 0 Å². The van der Waals surface area contributed by atoms with Gasteiger partial charge in [0, 0.05) is 49.7 Å². The van der Waals surface area contributed by atoms with Crippen molar-refractivity contribution in [1.29, 1.82) is 0 Å². The lowest BCUT2D eigenvalue weighted by Gasteiger charge is -2.34. The van der Waals surface area contributed by atoms with Crippen LogP contribution in [0.25, 0.3) is 20.7 Å². The third kappa shape index (κ3) is 5.47. The number of ether oxygens (including phenoxy) is 1. The van der Waals surface area contributed by atoms with E-state index in [1.165, 1.54) is 6.92 Å². The zero-order chi connectivity index (χ0) is 24.9. The average molecular weight is 503 g/mol. The highest BCUT2D eigenvalue weighted by molar-refractivity contribution is 7.22. The van der Waals surface area contributed by atoms with Crippen molar-refractivity contribution in [2.24, 2.45) is 0 Å². The average Bonchev–Trinajstić information content (AvgIpc) is 3.37. The van der Waals surface area contributed by atoms with Crippen molar-refractivity contribution < 1.29 is 9.53 Å². The molecule has 1 N–H and O–H groups in total. The van der Waals surface area contributed by atoms with Crippen LogP contribution < -0.4 is 10.2 Å². The van der Waals surface area contributed by atoms with Crippen molar-refractivity contribution in [2.75, 3.05) is 49.5 Å². The second kappa shape index (κ2) is 11.0. The molecule has 1 saturated heterocycles. The second-order valence-corrected chi connectivity index (χ2v) is 9.84. The van der Waals surface area contributed by atoms with Crippen LogP contribution in [0.15, 0.2) is 61.1 Å². The molecule has 0 saturated carbocycles. The number of nitrogens with zero attached hydrogens (tertiary/aromatic N) is 5.